The molecule has 0 N–H and O–H groups in total. The first-order valence-corrected chi connectivity index (χ1v) is 12.6. The minimum Gasteiger partial charge on any atom is -0.335 e. The van der Waals surface area contributed by atoms with E-state index in [9.17, 15) is 9.59 Å². The summed E-state index contributed by atoms with van der Waals surface area (Å²) >= 11 is 3.94. The van der Waals surface area contributed by atoms with E-state index in [1.54, 1.807) is 0 Å². The van der Waals surface area contributed by atoms with Crippen LogP contribution in [-0.4, -0.2) is 59.3 Å². The summed E-state index contributed by atoms with van der Waals surface area (Å²) in [5, 5.41) is 0. The molecule has 2 heterocycles. The van der Waals surface area contributed by atoms with Crippen LogP contribution in [0.25, 0.3) is 0 Å². The Morgan fingerprint density at radius 1 is 0.767 bits per heavy atom. The minimum atomic E-state index is 0.0494. The highest BCUT2D eigenvalue weighted by Gasteiger charge is 2.26. The molecule has 0 unspecified atom stereocenters. The van der Waals surface area contributed by atoms with Gasteiger partial charge in [-0.05, 0) is 41.3 Å². The predicted octanol–water partition coefficient (Wildman–Crippen LogP) is 4.89. The van der Waals surface area contributed by atoms with Crippen molar-refractivity contribution in [2.45, 2.75) is 24.3 Å². The quantitative estimate of drug-likeness (QED) is 0.679. The smallest absolute Gasteiger partial charge is 0.253 e. The Kier molecular flexibility index (Phi) is 6.74. The van der Waals surface area contributed by atoms with Crippen LogP contribution in [0, 0.1) is 0 Å². The number of carbonyl (C=O) groups is 2. The number of amides is 2. The van der Waals surface area contributed by atoms with Crippen molar-refractivity contribution in [1.29, 1.82) is 0 Å². The molecule has 30 heavy (non-hydrogen) atoms. The van der Waals surface area contributed by atoms with Gasteiger partial charge in [0.25, 0.3) is 11.8 Å². The van der Waals surface area contributed by atoms with E-state index in [0.717, 1.165) is 11.1 Å². The number of hydrogen-bond acceptors (Lipinski definition) is 4. The van der Waals surface area contributed by atoms with Gasteiger partial charge in [0.1, 0.15) is 0 Å². The van der Waals surface area contributed by atoms with Crippen LogP contribution >= 0.6 is 23.5 Å². The van der Waals surface area contributed by atoms with Crippen LogP contribution in [-0.2, 0) is 0 Å². The average molecular weight is 441 g/mol. The van der Waals surface area contributed by atoms with E-state index >= 15 is 0 Å². The third-order valence-electron chi connectivity index (χ3n) is 5.73. The van der Waals surface area contributed by atoms with Gasteiger partial charge in [-0.15, -0.1) is 23.5 Å². The molecule has 6 heteroatoms. The fourth-order valence-corrected chi connectivity index (χ4v) is 6.68. The molecule has 0 atom stereocenters. The van der Waals surface area contributed by atoms with Crippen molar-refractivity contribution in [3.63, 3.8) is 0 Å². The Hall–Kier alpha value is -1.92. The number of rotatable bonds is 4. The van der Waals surface area contributed by atoms with Gasteiger partial charge in [-0.2, -0.15) is 0 Å². The van der Waals surface area contributed by atoms with Gasteiger partial charge < -0.3 is 9.80 Å². The number of carbonyl (C=O) groups excluding carboxylic acids is 2. The van der Waals surface area contributed by atoms with Gasteiger partial charge in [0.2, 0.25) is 0 Å². The second-order valence-electron chi connectivity index (χ2n) is 8.06. The Morgan fingerprint density at radius 3 is 1.63 bits per heavy atom. The van der Waals surface area contributed by atoms with Crippen LogP contribution in [0.4, 0.5) is 0 Å². The lowest BCUT2D eigenvalue weighted by molar-refractivity contribution is 0.0535. The SMILES string of the molecule is CC(C)c1ccc(C(=O)N2CCN(C(=O)c3ccc(C4SCCS4)cc3)CC2)cc1. The molecule has 2 aromatic rings. The Morgan fingerprint density at radius 2 is 1.20 bits per heavy atom. The van der Waals surface area contributed by atoms with Gasteiger partial charge >= 0.3 is 0 Å². The molecule has 0 radical (unpaired) electrons. The van der Waals surface area contributed by atoms with Gasteiger partial charge in [0.05, 0.1) is 4.58 Å². The van der Waals surface area contributed by atoms with Crippen molar-refractivity contribution in [3.05, 3.63) is 70.8 Å². The van der Waals surface area contributed by atoms with E-state index < -0.39 is 0 Å². The molecule has 0 aromatic heterocycles. The Balaban J connectivity index is 1.33. The van der Waals surface area contributed by atoms with Gasteiger partial charge in [-0.3, -0.25) is 9.59 Å². The average Bonchev–Trinajstić information content (AvgIpc) is 3.33. The van der Waals surface area contributed by atoms with E-state index in [4.69, 9.17) is 0 Å². The maximum Gasteiger partial charge on any atom is 0.253 e. The summed E-state index contributed by atoms with van der Waals surface area (Å²) in [6.07, 6.45) is 0. The largest absolute Gasteiger partial charge is 0.335 e. The lowest BCUT2D eigenvalue weighted by Gasteiger charge is -2.35. The molecule has 0 saturated carbocycles. The standard InChI is InChI=1S/C24H28N2O2S2/c1-17(2)18-3-5-19(6-4-18)22(27)25-11-13-26(14-12-25)23(28)20-7-9-21(10-8-20)24-29-15-16-30-24/h3-10,17,24H,11-16H2,1-2H3. The first kappa shape index (κ1) is 21.3. The molecule has 4 rings (SSSR count). The summed E-state index contributed by atoms with van der Waals surface area (Å²) in [6, 6.07) is 16.0. The second-order valence-corrected chi connectivity index (χ2v) is 10.8. The number of piperazine rings is 1. The minimum absolute atomic E-state index is 0.0494. The van der Waals surface area contributed by atoms with Crippen LogP contribution < -0.4 is 0 Å². The van der Waals surface area contributed by atoms with Crippen LogP contribution in [0.1, 0.15) is 56.2 Å². The summed E-state index contributed by atoms with van der Waals surface area (Å²) in [6.45, 7) is 6.59. The molecule has 2 saturated heterocycles. The monoisotopic (exact) mass is 440 g/mol. The van der Waals surface area contributed by atoms with Crippen molar-refractivity contribution < 1.29 is 9.59 Å². The van der Waals surface area contributed by atoms with Crippen LogP contribution in [0.2, 0.25) is 0 Å². The molecular weight excluding hydrogens is 412 g/mol. The summed E-state index contributed by atoms with van der Waals surface area (Å²) < 4.78 is 0.498. The topological polar surface area (TPSA) is 40.6 Å². The van der Waals surface area contributed by atoms with E-state index in [0.29, 0.717) is 36.7 Å². The first-order valence-electron chi connectivity index (χ1n) is 10.5. The Bertz CT molecular complexity index is 882. The molecule has 0 spiro atoms. The van der Waals surface area contributed by atoms with E-state index in [1.165, 1.54) is 22.6 Å². The molecule has 2 aliphatic heterocycles. The summed E-state index contributed by atoms with van der Waals surface area (Å²) in [5.41, 5.74) is 3.98. The normalized spacial score (nSPS) is 17.6. The molecule has 2 aromatic carbocycles. The molecule has 2 fully saturated rings. The van der Waals surface area contributed by atoms with E-state index in [1.807, 2.05) is 69.7 Å². The molecule has 4 nitrogen and oxygen atoms in total. The zero-order valence-corrected chi connectivity index (χ0v) is 19.2. The van der Waals surface area contributed by atoms with Gasteiger partial charge in [-0.25, -0.2) is 0 Å². The van der Waals surface area contributed by atoms with E-state index in [2.05, 4.69) is 26.0 Å². The zero-order valence-electron chi connectivity index (χ0n) is 17.5. The lowest BCUT2D eigenvalue weighted by atomic mass is 10.0. The molecule has 2 aliphatic rings. The number of nitrogens with zero attached hydrogens (tertiary/aromatic N) is 2. The Labute approximate surface area is 187 Å². The van der Waals surface area contributed by atoms with E-state index in [-0.39, 0.29) is 11.8 Å². The summed E-state index contributed by atoms with van der Waals surface area (Å²) in [5.74, 6) is 2.95. The van der Waals surface area contributed by atoms with Crippen molar-refractivity contribution in [2.24, 2.45) is 0 Å². The lowest BCUT2D eigenvalue weighted by Crippen LogP contribution is -2.50. The van der Waals surface area contributed by atoms with Gasteiger partial charge in [0, 0.05) is 48.8 Å². The molecule has 0 bridgehead atoms. The van der Waals surface area contributed by atoms with Crippen LogP contribution in [0.15, 0.2) is 48.5 Å². The number of benzene rings is 2. The van der Waals surface area contributed by atoms with Gasteiger partial charge in [0.15, 0.2) is 0 Å². The van der Waals surface area contributed by atoms with Gasteiger partial charge in [-0.1, -0.05) is 38.1 Å². The highest BCUT2D eigenvalue weighted by atomic mass is 32.2. The molecule has 0 aliphatic carbocycles. The number of hydrogen-bond donors (Lipinski definition) is 0. The van der Waals surface area contributed by atoms with Crippen molar-refractivity contribution in [2.75, 3.05) is 37.7 Å². The zero-order chi connectivity index (χ0) is 21.1. The molecular formula is C24H28N2O2S2. The third kappa shape index (κ3) is 4.70. The fourth-order valence-electron chi connectivity index (χ4n) is 3.82. The van der Waals surface area contributed by atoms with Crippen LogP contribution in [0.3, 0.4) is 0 Å². The van der Waals surface area contributed by atoms with Crippen molar-refractivity contribution >= 4 is 35.3 Å². The molecule has 158 valence electrons. The van der Waals surface area contributed by atoms with Crippen molar-refractivity contribution in [1.82, 2.24) is 9.80 Å². The highest BCUT2D eigenvalue weighted by molar-refractivity contribution is 8.19. The maximum atomic E-state index is 12.9. The van der Waals surface area contributed by atoms with Crippen LogP contribution in [0.5, 0.6) is 0 Å². The predicted molar refractivity (Wildman–Crippen MR) is 126 cm³/mol. The summed E-state index contributed by atoms with van der Waals surface area (Å²) in [4.78, 5) is 29.4. The molecule has 2 amide bonds. The third-order valence-corrected chi connectivity index (χ3v) is 8.83. The maximum absolute atomic E-state index is 12.9. The fraction of sp³-hybridized carbons (Fsp3) is 0.417. The van der Waals surface area contributed by atoms with Crippen molar-refractivity contribution in [3.8, 4) is 0 Å². The first-order chi connectivity index (χ1) is 14.5. The highest BCUT2D eigenvalue weighted by Crippen LogP contribution is 2.45. The summed E-state index contributed by atoms with van der Waals surface area (Å²) in [7, 11) is 0. The number of thioether (sulfide) groups is 2. The second kappa shape index (κ2) is 9.48.